The first-order chi connectivity index (χ1) is 13.6. The zero-order valence-corrected chi connectivity index (χ0v) is 15.0. The first-order valence-corrected chi connectivity index (χ1v) is 8.58. The van der Waals surface area contributed by atoms with Gasteiger partial charge in [0.05, 0.1) is 30.7 Å². The van der Waals surface area contributed by atoms with E-state index in [-0.39, 0.29) is 34.0 Å². The fourth-order valence-electron chi connectivity index (χ4n) is 3.90. The molecule has 0 amide bonds. The van der Waals surface area contributed by atoms with Crippen molar-refractivity contribution in [1.29, 1.82) is 0 Å². The van der Waals surface area contributed by atoms with E-state index < -0.39 is 5.78 Å². The highest BCUT2D eigenvalue weighted by Crippen LogP contribution is 2.44. The molecule has 4 aromatic rings. The Morgan fingerprint density at radius 2 is 1.57 bits per heavy atom. The highest BCUT2D eigenvalue weighted by atomic mass is 16.5. The first-order valence-electron chi connectivity index (χ1n) is 8.58. The summed E-state index contributed by atoms with van der Waals surface area (Å²) in [6.07, 6.45) is 0. The van der Waals surface area contributed by atoms with Crippen LogP contribution in [0.3, 0.4) is 0 Å². The van der Waals surface area contributed by atoms with Crippen molar-refractivity contribution in [2.75, 3.05) is 14.2 Å². The van der Waals surface area contributed by atoms with Crippen LogP contribution in [0.5, 0.6) is 17.2 Å². The van der Waals surface area contributed by atoms with E-state index in [1.54, 1.807) is 36.4 Å². The summed E-state index contributed by atoms with van der Waals surface area (Å²) in [6.45, 7) is 0. The molecular weight excluding hydrogens is 360 g/mol. The number of hydrogen-bond donors (Lipinski definition) is 1. The zero-order valence-electron chi connectivity index (χ0n) is 15.0. The normalized spacial score (nSPS) is 12.9. The first kappa shape index (κ1) is 16.4. The number of ketones is 2. The molecule has 0 aliphatic heterocycles. The van der Waals surface area contributed by atoms with Gasteiger partial charge >= 0.3 is 0 Å². The molecule has 6 heteroatoms. The van der Waals surface area contributed by atoms with Crippen molar-refractivity contribution in [1.82, 2.24) is 0 Å². The number of rotatable bonds is 2. The van der Waals surface area contributed by atoms with E-state index in [1.807, 2.05) is 0 Å². The van der Waals surface area contributed by atoms with Crippen LogP contribution in [0.25, 0.3) is 21.7 Å². The summed E-state index contributed by atoms with van der Waals surface area (Å²) in [5, 5.41) is 12.0. The number of ether oxygens (including phenoxy) is 2. The summed E-state index contributed by atoms with van der Waals surface area (Å²) in [4.78, 5) is 26.3. The summed E-state index contributed by atoms with van der Waals surface area (Å²) in [5.74, 6) is -0.0881. The molecule has 3 aromatic carbocycles. The van der Waals surface area contributed by atoms with Gasteiger partial charge in [-0.25, -0.2) is 0 Å². The van der Waals surface area contributed by atoms with E-state index >= 15 is 0 Å². The lowest BCUT2D eigenvalue weighted by Crippen LogP contribution is -2.20. The number of furan rings is 1. The lowest BCUT2D eigenvalue weighted by atomic mass is 9.86. The van der Waals surface area contributed by atoms with E-state index in [1.165, 1.54) is 20.3 Å². The van der Waals surface area contributed by atoms with Crippen LogP contribution in [0.2, 0.25) is 0 Å². The van der Waals surface area contributed by atoms with Gasteiger partial charge in [-0.3, -0.25) is 9.59 Å². The molecule has 138 valence electrons. The number of fused-ring (bicyclic) bond motifs is 6. The second-order valence-corrected chi connectivity index (χ2v) is 6.50. The van der Waals surface area contributed by atoms with Gasteiger partial charge in [0.2, 0.25) is 5.78 Å². The number of carbonyl (C=O) groups excluding carboxylic acids is 2. The predicted octanol–water partition coefficient (Wildman–Crippen LogP) is 4.08. The molecule has 1 aliphatic carbocycles. The van der Waals surface area contributed by atoms with Crippen LogP contribution in [-0.2, 0) is 0 Å². The van der Waals surface area contributed by atoms with Crippen LogP contribution in [0.15, 0.2) is 46.9 Å². The highest BCUT2D eigenvalue weighted by Gasteiger charge is 2.37. The van der Waals surface area contributed by atoms with Crippen LogP contribution < -0.4 is 9.47 Å². The van der Waals surface area contributed by atoms with Crippen LogP contribution >= 0.6 is 0 Å². The zero-order chi connectivity index (χ0) is 19.6. The minimum Gasteiger partial charge on any atom is -0.507 e. The summed E-state index contributed by atoms with van der Waals surface area (Å²) in [7, 11) is 2.95. The summed E-state index contributed by atoms with van der Waals surface area (Å²) >= 11 is 0. The van der Waals surface area contributed by atoms with Crippen molar-refractivity contribution >= 4 is 33.3 Å². The second kappa shape index (κ2) is 5.60. The monoisotopic (exact) mass is 374 g/mol. The third-order valence-electron chi connectivity index (χ3n) is 5.12. The minimum absolute atomic E-state index is 0.0493. The fraction of sp³-hybridized carbons (Fsp3) is 0.0909. The van der Waals surface area contributed by atoms with Crippen molar-refractivity contribution in [3.63, 3.8) is 0 Å². The van der Waals surface area contributed by atoms with Gasteiger partial charge in [-0.05, 0) is 18.2 Å². The number of aromatic hydroxyl groups is 1. The van der Waals surface area contributed by atoms with Crippen LogP contribution in [0, 0.1) is 0 Å². The average molecular weight is 374 g/mol. The molecular formula is C22H14O6. The van der Waals surface area contributed by atoms with Gasteiger partial charge in [-0.1, -0.05) is 24.3 Å². The van der Waals surface area contributed by atoms with E-state index in [0.29, 0.717) is 33.2 Å². The van der Waals surface area contributed by atoms with Crippen molar-refractivity contribution in [2.45, 2.75) is 0 Å². The van der Waals surface area contributed by atoms with Gasteiger partial charge in [0.25, 0.3) is 0 Å². The van der Waals surface area contributed by atoms with Gasteiger partial charge in [-0.2, -0.15) is 0 Å². The molecule has 0 saturated heterocycles. The van der Waals surface area contributed by atoms with Gasteiger partial charge < -0.3 is 19.0 Å². The topological polar surface area (TPSA) is 86.0 Å². The quantitative estimate of drug-likeness (QED) is 0.501. The third-order valence-corrected chi connectivity index (χ3v) is 5.12. The molecule has 0 unspecified atom stereocenters. The molecule has 0 bridgehead atoms. The standard InChI is InChI=1S/C22H14O6/c1-26-14-7-4-6-11-16(14)13(23)9-12-18-19(24)10-5-3-8-15(27-2)17(10)20(25)22(18)28-21(11)12/h3-9,23H,1-2H3. The van der Waals surface area contributed by atoms with E-state index in [2.05, 4.69) is 0 Å². The Kier molecular flexibility index (Phi) is 3.27. The van der Waals surface area contributed by atoms with Gasteiger partial charge in [0.15, 0.2) is 11.5 Å². The number of phenolic OH excluding ortho intramolecular Hbond substituents is 1. The van der Waals surface area contributed by atoms with Crippen molar-refractivity contribution < 1.29 is 28.6 Å². The summed E-state index contributed by atoms with van der Waals surface area (Å²) in [6, 6.07) is 11.5. The number of hydrogen-bond acceptors (Lipinski definition) is 6. The Morgan fingerprint density at radius 1 is 0.857 bits per heavy atom. The van der Waals surface area contributed by atoms with E-state index in [4.69, 9.17) is 13.9 Å². The summed E-state index contributed by atoms with van der Waals surface area (Å²) < 4.78 is 16.5. The van der Waals surface area contributed by atoms with Crippen LogP contribution in [0.4, 0.5) is 0 Å². The number of phenols is 1. The van der Waals surface area contributed by atoms with Crippen molar-refractivity contribution in [2.24, 2.45) is 0 Å². The maximum absolute atomic E-state index is 13.2. The smallest absolute Gasteiger partial charge is 0.233 e. The molecule has 1 aromatic heterocycles. The Balaban J connectivity index is 1.91. The van der Waals surface area contributed by atoms with E-state index in [9.17, 15) is 14.7 Å². The second-order valence-electron chi connectivity index (χ2n) is 6.50. The van der Waals surface area contributed by atoms with E-state index in [0.717, 1.165) is 0 Å². The molecule has 5 rings (SSSR count). The molecule has 1 heterocycles. The lowest BCUT2D eigenvalue weighted by molar-refractivity contribution is 0.0959. The molecule has 0 spiro atoms. The number of methoxy groups -OCH3 is 2. The van der Waals surface area contributed by atoms with Crippen LogP contribution in [-0.4, -0.2) is 30.9 Å². The van der Waals surface area contributed by atoms with Gasteiger partial charge in [-0.15, -0.1) is 0 Å². The van der Waals surface area contributed by atoms with Crippen molar-refractivity contribution in [3.8, 4) is 17.2 Å². The predicted molar refractivity (Wildman–Crippen MR) is 102 cm³/mol. The average Bonchev–Trinajstić information content (AvgIpc) is 3.11. The minimum atomic E-state index is -0.422. The van der Waals surface area contributed by atoms with Crippen molar-refractivity contribution in [3.05, 3.63) is 64.9 Å². The molecule has 28 heavy (non-hydrogen) atoms. The molecule has 1 aliphatic rings. The maximum atomic E-state index is 13.2. The third kappa shape index (κ3) is 1.91. The summed E-state index contributed by atoms with van der Waals surface area (Å²) in [5.41, 5.74) is 0.948. The van der Waals surface area contributed by atoms with Gasteiger partial charge in [0, 0.05) is 16.3 Å². The molecule has 6 nitrogen and oxygen atoms in total. The lowest BCUT2D eigenvalue weighted by Gasteiger charge is -2.16. The highest BCUT2D eigenvalue weighted by molar-refractivity contribution is 6.33. The Bertz CT molecular complexity index is 1330. The van der Waals surface area contributed by atoms with Gasteiger partial charge in [0.1, 0.15) is 22.8 Å². The molecule has 0 radical (unpaired) electrons. The fourth-order valence-corrected chi connectivity index (χ4v) is 3.90. The SMILES string of the molecule is COc1cccc2c1C(=O)c1oc3c(cc(O)c4c(OC)cccc43)c1C2=O. The Labute approximate surface area is 158 Å². The molecule has 0 fully saturated rings. The molecule has 0 atom stereocenters. The molecule has 1 N–H and O–H groups in total. The Hall–Kier alpha value is -3.80. The van der Waals surface area contributed by atoms with Crippen LogP contribution in [0.1, 0.15) is 32.0 Å². The Morgan fingerprint density at radius 3 is 2.32 bits per heavy atom. The maximum Gasteiger partial charge on any atom is 0.233 e. The largest absolute Gasteiger partial charge is 0.507 e. The number of carbonyl (C=O) groups is 2. The molecule has 0 saturated carbocycles. The number of benzene rings is 3.